The minimum atomic E-state index is 0.924. The van der Waals surface area contributed by atoms with Crippen molar-refractivity contribution in [2.24, 2.45) is 0 Å². The number of benzene rings is 9. The van der Waals surface area contributed by atoms with Crippen molar-refractivity contribution >= 4 is 108 Å². The molecule has 0 amide bonds. The minimum absolute atomic E-state index is 0.924. The zero-order chi connectivity index (χ0) is 32.1. The van der Waals surface area contributed by atoms with Gasteiger partial charge >= 0.3 is 0 Å². The number of aryl methyl sites for hydroxylation is 2. The predicted molar refractivity (Wildman–Crippen MR) is 211 cm³/mol. The van der Waals surface area contributed by atoms with Crippen LogP contribution in [0, 0.1) is 13.8 Å². The highest BCUT2D eigenvalue weighted by atomic mass is 16.3. The maximum absolute atomic E-state index is 6.32. The number of fused-ring (bicyclic) bond motifs is 13. The zero-order valence-corrected chi connectivity index (χ0v) is 27.1. The van der Waals surface area contributed by atoms with Gasteiger partial charge in [-0.1, -0.05) is 97.1 Å². The Morgan fingerprint density at radius 1 is 0.327 bits per heavy atom. The predicted octanol–water partition coefficient (Wildman–Crippen LogP) is 14.0. The molecule has 0 saturated carbocycles. The van der Waals surface area contributed by atoms with Crippen LogP contribution in [0.3, 0.4) is 0 Å². The highest BCUT2D eigenvalue weighted by Gasteiger charge is 2.24. The van der Waals surface area contributed by atoms with Crippen LogP contribution in [0.2, 0.25) is 0 Å². The molecular weight excluding hydrogens is 593 g/mol. The van der Waals surface area contributed by atoms with Gasteiger partial charge in [-0.2, -0.15) is 0 Å². The molecule has 1 nitrogen and oxygen atoms in total. The largest absolute Gasteiger partial charge is 0.456 e. The van der Waals surface area contributed by atoms with E-state index in [1.165, 1.54) is 108 Å². The Morgan fingerprint density at radius 3 is 1.69 bits per heavy atom. The minimum Gasteiger partial charge on any atom is -0.456 e. The lowest BCUT2D eigenvalue weighted by molar-refractivity contribution is 0.669. The molecule has 1 aromatic heterocycles. The Kier molecular flexibility index (Phi) is 4.66. The first kappa shape index (κ1) is 25.9. The van der Waals surface area contributed by atoms with Crippen LogP contribution in [-0.2, 0) is 0 Å². The van der Waals surface area contributed by atoms with Crippen LogP contribution in [0.5, 0.6) is 0 Å². The van der Waals surface area contributed by atoms with Crippen molar-refractivity contribution in [1.29, 1.82) is 0 Å². The molecular formula is C48H28O. The number of hydrogen-bond acceptors (Lipinski definition) is 1. The second kappa shape index (κ2) is 8.83. The summed E-state index contributed by atoms with van der Waals surface area (Å²) < 4.78 is 6.32. The van der Waals surface area contributed by atoms with Crippen molar-refractivity contribution < 1.29 is 4.42 Å². The van der Waals surface area contributed by atoms with E-state index in [4.69, 9.17) is 4.42 Å². The molecule has 0 unspecified atom stereocenters. The van der Waals surface area contributed by atoms with Gasteiger partial charge in [0.25, 0.3) is 0 Å². The summed E-state index contributed by atoms with van der Waals surface area (Å²) in [6.45, 7) is 4.45. The van der Waals surface area contributed by atoms with Crippen molar-refractivity contribution in [1.82, 2.24) is 0 Å². The molecule has 0 bridgehead atoms. The quantitative estimate of drug-likeness (QED) is 0.131. The Labute approximate surface area is 281 Å². The van der Waals surface area contributed by atoms with Gasteiger partial charge in [-0.15, -0.1) is 0 Å². The standard InChI is InChI=1S/C48H28O/c1-25-17-29-18-26(2)20-39-35-24-41-36(23-34(35)38(19-25)44(29)39)40-21-27-9-3-4-10-30(27)46-32-12-5-6-13-33(32)47(48(40)46)45(41)28-15-16-43-37(22-28)31-11-7-8-14-42(31)49-43/h3-24H,1-2H3. The Bertz CT molecular complexity index is 3390. The topological polar surface area (TPSA) is 13.1 Å². The van der Waals surface area contributed by atoms with Gasteiger partial charge < -0.3 is 4.42 Å². The summed E-state index contributed by atoms with van der Waals surface area (Å²) >= 11 is 0. The van der Waals surface area contributed by atoms with E-state index in [9.17, 15) is 0 Å². The molecule has 226 valence electrons. The third-order valence-corrected chi connectivity index (χ3v) is 11.3. The molecule has 0 N–H and O–H groups in total. The number of hydrogen-bond donors (Lipinski definition) is 0. The Balaban J connectivity index is 1.38. The van der Waals surface area contributed by atoms with Crippen molar-refractivity contribution in [3.05, 3.63) is 145 Å². The van der Waals surface area contributed by atoms with Gasteiger partial charge in [-0.05, 0) is 159 Å². The monoisotopic (exact) mass is 620 g/mol. The highest BCUT2D eigenvalue weighted by molar-refractivity contribution is 6.45. The van der Waals surface area contributed by atoms with Gasteiger partial charge in [0.05, 0.1) is 0 Å². The van der Waals surface area contributed by atoms with Crippen LogP contribution in [0.4, 0.5) is 0 Å². The van der Waals surface area contributed by atoms with Crippen LogP contribution in [0.15, 0.2) is 138 Å². The first-order valence-corrected chi connectivity index (χ1v) is 17.2. The van der Waals surface area contributed by atoms with E-state index in [0.717, 1.165) is 21.9 Å². The van der Waals surface area contributed by atoms with Crippen molar-refractivity contribution in [2.75, 3.05) is 0 Å². The van der Waals surface area contributed by atoms with E-state index in [1.807, 2.05) is 6.07 Å². The highest BCUT2D eigenvalue weighted by Crippen LogP contribution is 2.52. The van der Waals surface area contributed by atoms with Crippen LogP contribution >= 0.6 is 0 Å². The summed E-state index contributed by atoms with van der Waals surface area (Å²) in [5.74, 6) is 0. The molecule has 1 heterocycles. The van der Waals surface area contributed by atoms with Crippen LogP contribution in [0.1, 0.15) is 11.1 Å². The van der Waals surface area contributed by atoms with E-state index in [0.29, 0.717) is 0 Å². The third kappa shape index (κ3) is 3.21. The number of rotatable bonds is 1. The molecule has 12 rings (SSSR count). The molecule has 0 saturated heterocycles. The lowest BCUT2D eigenvalue weighted by Gasteiger charge is -2.16. The maximum Gasteiger partial charge on any atom is 0.135 e. The summed E-state index contributed by atoms with van der Waals surface area (Å²) in [4.78, 5) is 0. The molecule has 1 heteroatoms. The normalized spacial score (nSPS) is 12.7. The van der Waals surface area contributed by atoms with Gasteiger partial charge in [0.1, 0.15) is 11.2 Å². The second-order valence-corrected chi connectivity index (χ2v) is 14.2. The molecule has 11 aromatic carbocycles. The molecule has 0 aliphatic heterocycles. The fourth-order valence-corrected chi connectivity index (χ4v) is 9.44. The van der Waals surface area contributed by atoms with Crippen molar-refractivity contribution in [3.63, 3.8) is 0 Å². The molecule has 0 atom stereocenters. The summed E-state index contributed by atoms with van der Waals surface area (Å²) in [6, 6.07) is 50.2. The molecule has 0 aliphatic carbocycles. The number of furan rings is 1. The van der Waals surface area contributed by atoms with Gasteiger partial charge in [0.2, 0.25) is 0 Å². The second-order valence-electron chi connectivity index (χ2n) is 14.2. The summed E-state index contributed by atoms with van der Waals surface area (Å²) in [5.41, 5.74) is 6.97. The van der Waals surface area contributed by atoms with E-state index >= 15 is 0 Å². The Morgan fingerprint density at radius 2 is 0.918 bits per heavy atom. The van der Waals surface area contributed by atoms with Crippen molar-refractivity contribution in [3.8, 4) is 11.1 Å². The molecule has 0 aliphatic rings. The van der Waals surface area contributed by atoms with Gasteiger partial charge in [-0.25, -0.2) is 0 Å². The van der Waals surface area contributed by atoms with Gasteiger partial charge in [0, 0.05) is 10.8 Å². The lowest BCUT2D eigenvalue weighted by atomic mass is 9.87. The Hall–Kier alpha value is -6.18. The molecule has 0 radical (unpaired) electrons. The SMILES string of the molecule is Cc1cc2cc(C)cc3c4cc5c(cc4c(c1)c23)c(-c1ccc2oc3ccccc3c2c1)c1c2ccccc2c2c3ccccc3cc5c12. The van der Waals surface area contributed by atoms with Crippen LogP contribution in [-0.4, -0.2) is 0 Å². The fourth-order valence-electron chi connectivity index (χ4n) is 9.44. The molecule has 0 fully saturated rings. The molecule has 12 aromatic rings. The zero-order valence-electron chi connectivity index (χ0n) is 27.1. The first-order chi connectivity index (χ1) is 24.1. The van der Waals surface area contributed by atoms with Gasteiger partial charge in [-0.3, -0.25) is 0 Å². The first-order valence-electron chi connectivity index (χ1n) is 17.2. The summed E-state index contributed by atoms with van der Waals surface area (Å²) in [7, 11) is 0. The van der Waals surface area contributed by atoms with E-state index < -0.39 is 0 Å². The molecule has 49 heavy (non-hydrogen) atoms. The average Bonchev–Trinajstić information content (AvgIpc) is 3.76. The lowest BCUT2D eigenvalue weighted by Crippen LogP contribution is -1.88. The summed E-state index contributed by atoms with van der Waals surface area (Å²) in [6.07, 6.45) is 0. The maximum atomic E-state index is 6.32. The van der Waals surface area contributed by atoms with Crippen molar-refractivity contribution in [2.45, 2.75) is 13.8 Å². The van der Waals surface area contributed by atoms with Gasteiger partial charge in [0.15, 0.2) is 0 Å². The van der Waals surface area contributed by atoms with E-state index in [2.05, 4.69) is 141 Å². The summed E-state index contributed by atoms with van der Waals surface area (Å²) in [5, 5.41) is 23.6. The smallest absolute Gasteiger partial charge is 0.135 e. The molecule has 0 spiro atoms. The van der Waals surface area contributed by atoms with E-state index in [1.54, 1.807) is 0 Å². The number of para-hydroxylation sites is 1. The third-order valence-electron chi connectivity index (χ3n) is 11.3. The average molecular weight is 621 g/mol. The van der Waals surface area contributed by atoms with Crippen LogP contribution < -0.4 is 0 Å². The fraction of sp³-hybridized carbons (Fsp3) is 0.0417. The van der Waals surface area contributed by atoms with E-state index in [-0.39, 0.29) is 0 Å². The van der Waals surface area contributed by atoms with Crippen LogP contribution in [0.25, 0.3) is 119 Å².